The zero-order valence-electron chi connectivity index (χ0n) is 29.4. The van der Waals surface area contributed by atoms with Gasteiger partial charge >= 0.3 is 0 Å². The Balaban J connectivity index is 0. The van der Waals surface area contributed by atoms with Crippen molar-refractivity contribution in [3.8, 4) is 0 Å². The molecule has 0 unspecified atom stereocenters. The molecule has 0 fully saturated rings. The van der Waals surface area contributed by atoms with Gasteiger partial charge in [-0.3, -0.25) is 38.4 Å². The van der Waals surface area contributed by atoms with Crippen LogP contribution in [0.2, 0.25) is 0 Å². The molecule has 2 atom stereocenters. The number of nitrogens with zero attached hydrogens (tertiary/aromatic N) is 1. The van der Waals surface area contributed by atoms with Gasteiger partial charge in [-0.05, 0) is 59.0 Å². The Bertz CT molecular complexity index is 1070. The molecule has 0 heterocycles. The first kappa shape index (κ1) is 46.5. The number of hydrogen-bond acceptors (Lipinski definition) is 10. The van der Waals surface area contributed by atoms with Crippen molar-refractivity contribution in [2.24, 2.45) is 11.5 Å². The molecule has 0 rings (SSSR count). The van der Waals surface area contributed by atoms with Gasteiger partial charge in [0.1, 0.15) is 19.1 Å². The summed E-state index contributed by atoms with van der Waals surface area (Å²) in [5, 5.41) is 18.7. The maximum atomic E-state index is 13.0. The molecule has 0 saturated heterocycles. The topological polar surface area (TPSA) is 276 Å². The van der Waals surface area contributed by atoms with Crippen LogP contribution >= 0.6 is 0 Å². The largest absolute Gasteiger partial charge is 0.369 e. The van der Waals surface area contributed by atoms with Crippen LogP contribution in [0.25, 0.3) is 0 Å². The van der Waals surface area contributed by atoms with Crippen molar-refractivity contribution in [1.82, 2.24) is 42.1 Å². The summed E-state index contributed by atoms with van der Waals surface area (Å²) in [4.78, 5) is 95.3. The Morgan fingerprint density at radius 1 is 0.714 bits per heavy atom. The van der Waals surface area contributed by atoms with Crippen molar-refractivity contribution in [2.75, 3.05) is 59.9 Å². The van der Waals surface area contributed by atoms with Gasteiger partial charge in [-0.25, -0.2) is 0 Å². The average molecular weight is 699 g/mol. The van der Waals surface area contributed by atoms with Gasteiger partial charge in [0.25, 0.3) is 0 Å². The average Bonchev–Trinajstić information content (AvgIpc) is 3.01. The summed E-state index contributed by atoms with van der Waals surface area (Å²) in [6.45, 7) is 6.89. The zero-order valence-corrected chi connectivity index (χ0v) is 29.4. The van der Waals surface area contributed by atoms with Gasteiger partial charge in [0, 0.05) is 46.4 Å². The number of unbranched alkanes of at least 4 members (excludes halogenated alkanes) is 2. The van der Waals surface area contributed by atoms with E-state index in [0.717, 1.165) is 4.90 Å². The van der Waals surface area contributed by atoms with Crippen LogP contribution in [-0.4, -0.2) is 124 Å². The van der Waals surface area contributed by atoms with Crippen LogP contribution in [-0.2, 0) is 38.4 Å². The van der Waals surface area contributed by atoms with Crippen LogP contribution < -0.4 is 48.7 Å². The molecule has 0 aliphatic heterocycles. The molecule has 18 nitrogen and oxygen atoms in total. The Hall–Kier alpha value is -4.58. The van der Waals surface area contributed by atoms with E-state index >= 15 is 0 Å². The van der Waals surface area contributed by atoms with Crippen molar-refractivity contribution >= 4 is 47.3 Å². The molecular weight excluding hydrogens is 640 g/mol. The molecule has 0 aromatic heterocycles. The Kier molecular flexibility index (Phi) is 28.1. The standard InChI is InChI=1S/C28H50N8O7.C3H8N2O/c1-5-6-14-32-24(39)18-36(19-25(40)33-16-10-7-11-22(30-4)27(29)42)26(41)13-17-34-28(43)23(35-21(3)38)12-8-9-15-31-20(2)37;1-5-2-3(4)6/h5,22-23,30H,1,6-19H2,2-4H3,(H2,29,42)(H,31,37)(H,32,39)(H,33,40)(H,34,43)(H,35,38);5H,2H2,1H3,(H2,4,6)/t22-,23-;/m0./s1. The molecule has 280 valence electrons. The van der Waals surface area contributed by atoms with Gasteiger partial charge in [0.05, 0.1) is 12.6 Å². The van der Waals surface area contributed by atoms with E-state index in [1.807, 2.05) is 0 Å². The number of likely N-dealkylation sites (N-methyl/N-ethyl adjacent to an activating group) is 2. The van der Waals surface area contributed by atoms with Crippen molar-refractivity contribution in [3.05, 3.63) is 12.7 Å². The molecule has 0 radical (unpaired) electrons. The van der Waals surface area contributed by atoms with Crippen molar-refractivity contribution in [3.63, 3.8) is 0 Å². The summed E-state index contributed by atoms with van der Waals surface area (Å²) in [6.07, 6.45) is 5.28. The van der Waals surface area contributed by atoms with E-state index in [-0.39, 0.29) is 50.3 Å². The second-order valence-electron chi connectivity index (χ2n) is 11.0. The smallest absolute Gasteiger partial charge is 0.242 e. The third-order valence-corrected chi connectivity index (χ3v) is 6.60. The lowest BCUT2D eigenvalue weighted by atomic mass is 10.1. The van der Waals surface area contributed by atoms with Crippen LogP contribution in [0, 0.1) is 0 Å². The van der Waals surface area contributed by atoms with Crippen LogP contribution in [0.15, 0.2) is 12.7 Å². The van der Waals surface area contributed by atoms with Gasteiger partial charge in [-0.2, -0.15) is 0 Å². The number of amides is 8. The van der Waals surface area contributed by atoms with Crippen LogP contribution in [0.3, 0.4) is 0 Å². The molecule has 0 saturated carbocycles. The number of nitrogens with two attached hydrogens (primary N) is 2. The zero-order chi connectivity index (χ0) is 37.6. The highest BCUT2D eigenvalue weighted by atomic mass is 16.2. The van der Waals surface area contributed by atoms with E-state index in [0.29, 0.717) is 64.6 Å². The molecule has 18 heteroatoms. The third-order valence-electron chi connectivity index (χ3n) is 6.60. The molecule has 0 aliphatic rings. The Morgan fingerprint density at radius 2 is 1.27 bits per heavy atom. The summed E-state index contributed by atoms with van der Waals surface area (Å²) >= 11 is 0. The first-order valence-corrected chi connectivity index (χ1v) is 16.3. The van der Waals surface area contributed by atoms with Gasteiger partial charge in [-0.1, -0.05) is 6.08 Å². The molecule has 49 heavy (non-hydrogen) atoms. The second kappa shape index (κ2) is 29.6. The SMILES string of the molecule is C=CCCNC(=O)CN(CC(=O)NCCCC[C@H](NC)C(N)=O)C(=O)CCNC(=O)[C@H](CCCCNC(C)=O)NC(C)=O.CNCC(N)=O. The highest BCUT2D eigenvalue weighted by molar-refractivity contribution is 5.90. The third kappa shape index (κ3) is 28.2. The van der Waals surface area contributed by atoms with Gasteiger partial charge < -0.3 is 53.6 Å². The van der Waals surface area contributed by atoms with Crippen molar-refractivity contribution in [1.29, 1.82) is 0 Å². The summed E-state index contributed by atoms with van der Waals surface area (Å²) in [5.41, 5.74) is 10.00. The predicted octanol–water partition coefficient (Wildman–Crippen LogP) is -3.12. The number of rotatable bonds is 26. The first-order valence-electron chi connectivity index (χ1n) is 16.3. The lowest BCUT2D eigenvalue weighted by Crippen LogP contribution is -2.48. The highest BCUT2D eigenvalue weighted by Gasteiger charge is 2.22. The number of hydrogen-bond donors (Lipinski definition) is 9. The minimum absolute atomic E-state index is 0.0671. The Labute approximate surface area is 289 Å². The minimum Gasteiger partial charge on any atom is -0.369 e. The molecule has 0 aromatic rings. The quantitative estimate of drug-likeness (QED) is 0.0324. The van der Waals surface area contributed by atoms with E-state index in [4.69, 9.17) is 11.5 Å². The van der Waals surface area contributed by atoms with E-state index in [1.165, 1.54) is 13.8 Å². The van der Waals surface area contributed by atoms with Gasteiger partial charge in [-0.15, -0.1) is 6.58 Å². The minimum atomic E-state index is -0.811. The maximum absolute atomic E-state index is 13.0. The maximum Gasteiger partial charge on any atom is 0.242 e. The van der Waals surface area contributed by atoms with Crippen LogP contribution in [0.4, 0.5) is 0 Å². The van der Waals surface area contributed by atoms with Crippen molar-refractivity contribution < 1.29 is 38.4 Å². The fraction of sp³-hybridized carbons (Fsp3) is 0.677. The fourth-order valence-corrected chi connectivity index (χ4v) is 4.13. The number of nitrogens with one attached hydrogen (secondary N) is 7. The predicted molar refractivity (Wildman–Crippen MR) is 184 cm³/mol. The van der Waals surface area contributed by atoms with Crippen molar-refractivity contribution in [2.45, 2.75) is 77.3 Å². The van der Waals surface area contributed by atoms with E-state index in [9.17, 15) is 38.4 Å². The molecule has 0 aromatic carbocycles. The molecule has 0 bridgehead atoms. The number of primary amides is 2. The van der Waals surface area contributed by atoms with E-state index in [1.54, 1.807) is 20.2 Å². The van der Waals surface area contributed by atoms with Crippen LogP contribution in [0.5, 0.6) is 0 Å². The summed E-state index contributed by atoms with van der Waals surface area (Å²) in [5.74, 6) is -3.19. The van der Waals surface area contributed by atoms with Gasteiger partial charge in [0.2, 0.25) is 47.3 Å². The Morgan fingerprint density at radius 3 is 1.71 bits per heavy atom. The normalized spacial score (nSPS) is 11.3. The second-order valence-corrected chi connectivity index (χ2v) is 11.0. The highest BCUT2D eigenvalue weighted by Crippen LogP contribution is 2.03. The van der Waals surface area contributed by atoms with E-state index < -0.39 is 41.6 Å². The molecule has 0 spiro atoms. The molecule has 11 N–H and O–H groups in total. The summed E-state index contributed by atoms with van der Waals surface area (Å²) in [6, 6.07) is -1.26. The molecular formula is C31H58N10O8. The summed E-state index contributed by atoms with van der Waals surface area (Å²) in [7, 11) is 3.31. The lowest BCUT2D eigenvalue weighted by molar-refractivity contribution is -0.139. The first-order chi connectivity index (χ1) is 23.2. The fourth-order valence-electron chi connectivity index (χ4n) is 4.13. The molecule has 8 amide bonds. The molecule has 0 aliphatic carbocycles. The summed E-state index contributed by atoms with van der Waals surface area (Å²) < 4.78 is 0. The van der Waals surface area contributed by atoms with Gasteiger partial charge in [0.15, 0.2) is 0 Å². The number of carbonyl (C=O) groups excluding carboxylic acids is 8. The lowest BCUT2D eigenvalue weighted by Gasteiger charge is -2.22. The number of carbonyl (C=O) groups is 8. The van der Waals surface area contributed by atoms with Crippen LogP contribution in [0.1, 0.15) is 65.2 Å². The monoisotopic (exact) mass is 698 g/mol. The van der Waals surface area contributed by atoms with E-state index in [2.05, 4.69) is 43.8 Å².